The van der Waals surface area contributed by atoms with Gasteiger partial charge in [0.2, 0.25) is 17.6 Å². The highest BCUT2D eigenvalue weighted by molar-refractivity contribution is 7.98. The van der Waals surface area contributed by atoms with Crippen molar-refractivity contribution in [2.75, 3.05) is 0 Å². The second-order valence-corrected chi connectivity index (χ2v) is 8.04. The lowest BCUT2D eigenvalue weighted by Crippen LogP contribution is -2.23. The summed E-state index contributed by atoms with van der Waals surface area (Å²) in [6.07, 6.45) is 1.88. The van der Waals surface area contributed by atoms with Crippen molar-refractivity contribution in [3.63, 3.8) is 0 Å². The van der Waals surface area contributed by atoms with Crippen LogP contribution in [-0.4, -0.2) is 29.4 Å². The molecule has 3 heterocycles. The van der Waals surface area contributed by atoms with Crippen LogP contribution in [0, 0.1) is 0 Å². The van der Waals surface area contributed by atoms with Crippen LogP contribution in [0.25, 0.3) is 28.1 Å². The van der Waals surface area contributed by atoms with Gasteiger partial charge < -0.3 is 4.42 Å². The standard InChI is InChI=1S/C22H20N6O2S/c1-2-3-13-27-20(29)16-11-7-8-12-17(16)28-21(27)25-26-22(28)31-14-18-23-24-19(30-18)15-9-5-4-6-10-15/h4-12H,2-3,13-14H2,1H3. The monoisotopic (exact) mass is 432 g/mol. The van der Waals surface area contributed by atoms with Gasteiger partial charge >= 0.3 is 0 Å². The Bertz CT molecular complexity index is 1410. The maximum Gasteiger partial charge on any atom is 0.262 e. The number of aryl methyl sites for hydroxylation is 1. The van der Waals surface area contributed by atoms with Gasteiger partial charge in [-0.3, -0.25) is 13.8 Å². The van der Waals surface area contributed by atoms with Gasteiger partial charge in [0.05, 0.1) is 16.7 Å². The highest BCUT2D eigenvalue weighted by Crippen LogP contribution is 2.26. The van der Waals surface area contributed by atoms with Crippen LogP contribution in [0.3, 0.4) is 0 Å². The molecule has 0 saturated heterocycles. The first-order valence-corrected chi connectivity index (χ1v) is 11.1. The Morgan fingerprint density at radius 1 is 0.968 bits per heavy atom. The predicted molar refractivity (Wildman–Crippen MR) is 119 cm³/mol. The summed E-state index contributed by atoms with van der Waals surface area (Å²) in [5.41, 5.74) is 1.63. The van der Waals surface area contributed by atoms with E-state index in [1.807, 2.05) is 59.0 Å². The highest BCUT2D eigenvalue weighted by atomic mass is 32.2. The van der Waals surface area contributed by atoms with Gasteiger partial charge in [0, 0.05) is 12.1 Å². The number of benzene rings is 2. The van der Waals surface area contributed by atoms with Crippen molar-refractivity contribution in [2.45, 2.75) is 37.2 Å². The molecule has 0 N–H and O–H groups in total. The molecule has 0 aliphatic carbocycles. The van der Waals surface area contributed by atoms with Crippen LogP contribution < -0.4 is 5.56 Å². The van der Waals surface area contributed by atoms with Crippen molar-refractivity contribution in [1.82, 2.24) is 29.4 Å². The van der Waals surface area contributed by atoms with Gasteiger partial charge in [-0.2, -0.15) is 0 Å². The topological polar surface area (TPSA) is 91.1 Å². The van der Waals surface area contributed by atoms with Crippen molar-refractivity contribution >= 4 is 28.4 Å². The molecule has 156 valence electrons. The summed E-state index contributed by atoms with van der Waals surface area (Å²) in [6.45, 7) is 2.71. The summed E-state index contributed by atoms with van der Waals surface area (Å²) in [5, 5.41) is 18.3. The maximum absolute atomic E-state index is 13.0. The Morgan fingerprint density at radius 3 is 2.61 bits per heavy atom. The summed E-state index contributed by atoms with van der Waals surface area (Å²) in [7, 11) is 0. The van der Waals surface area contributed by atoms with Gasteiger partial charge in [0.15, 0.2) is 5.16 Å². The molecule has 8 nitrogen and oxygen atoms in total. The molecule has 0 unspecified atom stereocenters. The molecular weight excluding hydrogens is 412 g/mol. The van der Waals surface area contributed by atoms with E-state index < -0.39 is 0 Å². The molecule has 2 aromatic carbocycles. The van der Waals surface area contributed by atoms with E-state index in [4.69, 9.17) is 4.42 Å². The van der Waals surface area contributed by atoms with Gasteiger partial charge in [0.1, 0.15) is 0 Å². The molecule has 0 radical (unpaired) electrons. The minimum atomic E-state index is -0.0371. The van der Waals surface area contributed by atoms with Crippen LogP contribution >= 0.6 is 11.8 Å². The van der Waals surface area contributed by atoms with Gasteiger partial charge in [-0.05, 0) is 30.7 Å². The first kappa shape index (κ1) is 19.5. The zero-order valence-electron chi connectivity index (χ0n) is 16.9. The summed E-state index contributed by atoms with van der Waals surface area (Å²) < 4.78 is 9.46. The normalized spacial score (nSPS) is 11.5. The van der Waals surface area contributed by atoms with E-state index in [1.165, 1.54) is 11.8 Å². The molecule has 0 aliphatic rings. The molecule has 5 aromatic rings. The fourth-order valence-electron chi connectivity index (χ4n) is 3.48. The largest absolute Gasteiger partial charge is 0.420 e. The SMILES string of the molecule is CCCCn1c(=O)c2ccccc2n2c(SCc3nnc(-c4ccccc4)o3)nnc12. The number of para-hydroxylation sites is 1. The van der Waals surface area contributed by atoms with Gasteiger partial charge in [-0.15, -0.1) is 20.4 Å². The molecule has 5 rings (SSSR count). The van der Waals surface area contributed by atoms with Crippen LogP contribution in [0.5, 0.6) is 0 Å². The number of nitrogens with zero attached hydrogens (tertiary/aromatic N) is 6. The van der Waals surface area contributed by atoms with Crippen molar-refractivity contribution in [1.29, 1.82) is 0 Å². The molecule has 0 amide bonds. The third kappa shape index (κ3) is 3.61. The second kappa shape index (κ2) is 8.35. The number of fused-ring (bicyclic) bond motifs is 3. The smallest absolute Gasteiger partial charge is 0.262 e. The van der Waals surface area contributed by atoms with E-state index in [1.54, 1.807) is 4.57 Å². The lowest BCUT2D eigenvalue weighted by atomic mass is 10.2. The molecular formula is C22H20N6O2S. The van der Waals surface area contributed by atoms with Crippen molar-refractivity contribution in [3.05, 3.63) is 70.8 Å². The van der Waals surface area contributed by atoms with Crippen molar-refractivity contribution in [2.24, 2.45) is 0 Å². The van der Waals surface area contributed by atoms with Crippen LogP contribution in [0.4, 0.5) is 0 Å². The second-order valence-electron chi connectivity index (χ2n) is 7.10. The molecule has 0 spiro atoms. The average Bonchev–Trinajstić information content (AvgIpc) is 3.46. The van der Waals surface area contributed by atoms with Gasteiger partial charge in [0.25, 0.3) is 5.56 Å². The number of aromatic nitrogens is 6. The Labute approximate surface area is 181 Å². The Morgan fingerprint density at radius 2 is 1.77 bits per heavy atom. The third-order valence-electron chi connectivity index (χ3n) is 5.03. The van der Waals surface area contributed by atoms with E-state index >= 15 is 0 Å². The van der Waals surface area contributed by atoms with E-state index in [0.29, 0.717) is 40.4 Å². The average molecular weight is 433 g/mol. The van der Waals surface area contributed by atoms with E-state index in [-0.39, 0.29) is 5.56 Å². The van der Waals surface area contributed by atoms with E-state index in [2.05, 4.69) is 27.3 Å². The van der Waals surface area contributed by atoms with Gasteiger partial charge in [-0.1, -0.05) is 55.4 Å². The molecule has 0 aliphatic heterocycles. The summed E-state index contributed by atoms with van der Waals surface area (Å²) in [4.78, 5) is 13.0. The molecule has 0 atom stereocenters. The first-order valence-electron chi connectivity index (χ1n) is 10.1. The van der Waals surface area contributed by atoms with Crippen molar-refractivity contribution in [3.8, 4) is 11.5 Å². The van der Waals surface area contributed by atoms with Crippen molar-refractivity contribution < 1.29 is 4.42 Å². The van der Waals surface area contributed by atoms with Gasteiger partial charge in [-0.25, -0.2) is 0 Å². The fourth-order valence-corrected chi connectivity index (χ4v) is 4.26. The summed E-state index contributed by atoms with van der Waals surface area (Å²) in [6, 6.07) is 17.2. The molecule has 0 fully saturated rings. The fraction of sp³-hybridized carbons (Fsp3) is 0.227. The van der Waals surface area contributed by atoms with E-state index in [0.717, 1.165) is 23.9 Å². The minimum Gasteiger partial charge on any atom is -0.420 e. The van der Waals surface area contributed by atoms with Crippen LogP contribution in [0.1, 0.15) is 25.7 Å². The lowest BCUT2D eigenvalue weighted by Gasteiger charge is -2.10. The maximum atomic E-state index is 13.0. The number of unbranched alkanes of at least 4 members (excludes halogenated alkanes) is 1. The molecule has 9 heteroatoms. The van der Waals surface area contributed by atoms with Crippen LogP contribution in [0.15, 0.2) is 69.0 Å². The number of hydrogen-bond donors (Lipinski definition) is 0. The minimum absolute atomic E-state index is 0.0371. The quantitative estimate of drug-likeness (QED) is 0.356. The third-order valence-corrected chi connectivity index (χ3v) is 5.94. The first-order chi connectivity index (χ1) is 15.3. The molecule has 0 bridgehead atoms. The molecule has 31 heavy (non-hydrogen) atoms. The van der Waals surface area contributed by atoms with Crippen LogP contribution in [0.2, 0.25) is 0 Å². The lowest BCUT2D eigenvalue weighted by molar-refractivity contribution is 0.528. The predicted octanol–water partition coefficient (Wildman–Crippen LogP) is 4.19. The zero-order valence-corrected chi connectivity index (χ0v) is 17.7. The Kier molecular flexibility index (Phi) is 5.25. The summed E-state index contributed by atoms with van der Waals surface area (Å²) in [5.74, 6) is 1.99. The number of rotatable bonds is 7. The van der Waals surface area contributed by atoms with E-state index in [9.17, 15) is 4.79 Å². The Balaban J connectivity index is 1.50. The number of hydrogen-bond acceptors (Lipinski definition) is 7. The molecule has 3 aromatic heterocycles. The molecule has 0 saturated carbocycles. The summed E-state index contributed by atoms with van der Waals surface area (Å²) >= 11 is 1.45. The number of thioether (sulfide) groups is 1. The Hall–Kier alpha value is -3.46. The highest BCUT2D eigenvalue weighted by Gasteiger charge is 2.17. The van der Waals surface area contributed by atoms with Crippen LogP contribution in [-0.2, 0) is 12.3 Å². The zero-order chi connectivity index (χ0) is 21.2.